The molecule has 0 bridgehead atoms. The molecule has 0 aliphatic rings. The van der Waals surface area contributed by atoms with Gasteiger partial charge in [-0.2, -0.15) is 5.10 Å². The molecule has 18 heavy (non-hydrogen) atoms. The number of rotatable bonds is 5. The highest BCUT2D eigenvalue weighted by Crippen LogP contribution is 2.17. The minimum atomic E-state index is -1.06. The van der Waals surface area contributed by atoms with Crippen molar-refractivity contribution in [2.75, 3.05) is 7.11 Å². The van der Waals surface area contributed by atoms with Crippen molar-refractivity contribution in [1.82, 2.24) is 9.78 Å². The average molecular weight is 248 g/mol. The number of carbonyl (C=O) groups is 1. The minimum absolute atomic E-state index is 0.00618. The Morgan fingerprint density at radius 3 is 2.50 bits per heavy atom. The number of hydrogen-bond acceptors (Lipinski definition) is 4. The van der Waals surface area contributed by atoms with Gasteiger partial charge in [0.15, 0.2) is 12.4 Å². The maximum atomic E-state index is 10.6. The van der Waals surface area contributed by atoms with Crippen LogP contribution in [-0.2, 0) is 6.73 Å². The van der Waals surface area contributed by atoms with Crippen molar-refractivity contribution in [2.45, 2.75) is 6.73 Å². The summed E-state index contributed by atoms with van der Waals surface area (Å²) < 4.78 is 11.9. The van der Waals surface area contributed by atoms with Gasteiger partial charge in [0.25, 0.3) is 0 Å². The summed E-state index contributed by atoms with van der Waals surface area (Å²) in [5, 5.41) is 12.5. The van der Waals surface area contributed by atoms with E-state index in [1.807, 2.05) is 0 Å². The number of nitrogens with zero attached hydrogens (tertiary/aromatic N) is 2. The molecular formula is C12H12N2O4. The Balaban J connectivity index is 1.95. The van der Waals surface area contributed by atoms with E-state index in [9.17, 15) is 4.79 Å². The molecule has 1 heterocycles. The van der Waals surface area contributed by atoms with Gasteiger partial charge < -0.3 is 14.6 Å². The zero-order valence-electron chi connectivity index (χ0n) is 9.74. The molecule has 1 N–H and O–H groups in total. The number of carboxylic acids is 1. The Labute approximate surface area is 103 Å². The first-order valence-electron chi connectivity index (χ1n) is 5.22. The molecule has 0 spiro atoms. The summed E-state index contributed by atoms with van der Waals surface area (Å²) in [6.45, 7) is 0.152. The van der Waals surface area contributed by atoms with Crippen molar-refractivity contribution in [3.8, 4) is 11.5 Å². The molecule has 2 aromatic rings. The lowest BCUT2D eigenvalue weighted by Crippen LogP contribution is -2.07. The van der Waals surface area contributed by atoms with Gasteiger partial charge in [0.2, 0.25) is 0 Å². The topological polar surface area (TPSA) is 73.6 Å². The minimum Gasteiger partial charge on any atom is -0.497 e. The van der Waals surface area contributed by atoms with Crippen LogP contribution in [0.5, 0.6) is 11.5 Å². The number of carboxylic acid groups (broad SMARTS) is 1. The van der Waals surface area contributed by atoms with Crippen molar-refractivity contribution >= 4 is 5.97 Å². The quantitative estimate of drug-likeness (QED) is 0.870. The van der Waals surface area contributed by atoms with E-state index < -0.39 is 5.97 Å². The fraction of sp³-hybridized carbons (Fsp3) is 0.167. The van der Waals surface area contributed by atoms with Crippen LogP contribution >= 0.6 is 0 Å². The van der Waals surface area contributed by atoms with Crippen molar-refractivity contribution in [1.29, 1.82) is 0 Å². The van der Waals surface area contributed by atoms with Crippen molar-refractivity contribution < 1.29 is 19.4 Å². The number of benzene rings is 1. The number of aromatic nitrogens is 2. The van der Waals surface area contributed by atoms with Crippen molar-refractivity contribution in [2.24, 2.45) is 0 Å². The van der Waals surface area contributed by atoms with Crippen LogP contribution in [0.4, 0.5) is 0 Å². The van der Waals surface area contributed by atoms with Crippen molar-refractivity contribution in [3.05, 3.63) is 42.2 Å². The Morgan fingerprint density at radius 2 is 1.94 bits per heavy atom. The number of methoxy groups -OCH3 is 1. The lowest BCUT2D eigenvalue weighted by molar-refractivity contribution is 0.0688. The zero-order chi connectivity index (χ0) is 13.0. The van der Waals surface area contributed by atoms with Gasteiger partial charge in [0.05, 0.1) is 7.11 Å². The summed E-state index contributed by atoms with van der Waals surface area (Å²) in [7, 11) is 1.59. The van der Waals surface area contributed by atoms with Crippen LogP contribution in [0, 0.1) is 0 Å². The maximum absolute atomic E-state index is 10.6. The van der Waals surface area contributed by atoms with E-state index in [4.69, 9.17) is 14.6 Å². The molecule has 1 aromatic heterocycles. The predicted octanol–water partition coefficient (Wildman–Crippen LogP) is 1.63. The Hall–Kier alpha value is -2.50. The number of aromatic carboxylic acids is 1. The van der Waals surface area contributed by atoms with E-state index in [0.29, 0.717) is 5.75 Å². The maximum Gasteiger partial charge on any atom is 0.356 e. The fourth-order valence-electron chi connectivity index (χ4n) is 1.36. The van der Waals surface area contributed by atoms with Gasteiger partial charge in [-0.05, 0) is 30.3 Å². The van der Waals surface area contributed by atoms with Gasteiger partial charge in [-0.25, -0.2) is 9.48 Å². The normalized spacial score (nSPS) is 10.1. The molecule has 0 atom stereocenters. The summed E-state index contributed by atoms with van der Waals surface area (Å²) in [6, 6.07) is 8.50. The monoisotopic (exact) mass is 248 g/mol. The molecule has 0 saturated heterocycles. The van der Waals surface area contributed by atoms with Gasteiger partial charge in [-0.1, -0.05) is 0 Å². The van der Waals surface area contributed by atoms with E-state index in [0.717, 1.165) is 5.75 Å². The molecule has 6 heteroatoms. The standard InChI is InChI=1S/C12H12N2O4/c1-17-9-2-4-10(5-3-9)18-8-14-7-6-11(13-14)12(15)16/h2-7H,8H2,1H3,(H,15,16). The molecule has 0 amide bonds. The summed E-state index contributed by atoms with van der Waals surface area (Å²) >= 11 is 0. The van der Waals surface area contributed by atoms with Gasteiger partial charge in [-0.3, -0.25) is 0 Å². The van der Waals surface area contributed by atoms with E-state index >= 15 is 0 Å². The summed E-state index contributed by atoms with van der Waals surface area (Å²) in [6.07, 6.45) is 1.55. The second kappa shape index (κ2) is 5.22. The molecule has 2 rings (SSSR count). The number of ether oxygens (including phenoxy) is 2. The molecule has 94 valence electrons. The van der Waals surface area contributed by atoms with Crippen LogP contribution < -0.4 is 9.47 Å². The first-order valence-corrected chi connectivity index (χ1v) is 5.22. The average Bonchev–Trinajstić information content (AvgIpc) is 2.86. The SMILES string of the molecule is COc1ccc(OCn2ccc(C(=O)O)n2)cc1. The third-order valence-corrected chi connectivity index (χ3v) is 2.28. The summed E-state index contributed by atoms with van der Waals surface area (Å²) in [4.78, 5) is 10.6. The third-order valence-electron chi connectivity index (χ3n) is 2.28. The van der Waals surface area contributed by atoms with E-state index in [-0.39, 0.29) is 12.4 Å². The van der Waals surface area contributed by atoms with Crippen LogP contribution in [0.15, 0.2) is 36.5 Å². The van der Waals surface area contributed by atoms with Gasteiger partial charge in [-0.15, -0.1) is 0 Å². The number of hydrogen-bond donors (Lipinski definition) is 1. The molecule has 0 aliphatic heterocycles. The summed E-state index contributed by atoms with van der Waals surface area (Å²) in [5.74, 6) is 0.343. The van der Waals surface area contributed by atoms with Crippen LogP contribution in [0.2, 0.25) is 0 Å². The predicted molar refractivity (Wildman–Crippen MR) is 62.8 cm³/mol. The van der Waals surface area contributed by atoms with Gasteiger partial charge in [0, 0.05) is 6.20 Å². The molecule has 1 aromatic carbocycles. The molecule has 0 unspecified atom stereocenters. The first kappa shape index (κ1) is 12.0. The summed E-state index contributed by atoms with van der Waals surface area (Å²) in [5.41, 5.74) is -0.00618. The van der Waals surface area contributed by atoms with Gasteiger partial charge in [0.1, 0.15) is 11.5 Å². The van der Waals surface area contributed by atoms with Crippen molar-refractivity contribution in [3.63, 3.8) is 0 Å². The molecule has 6 nitrogen and oxygen atoms in total. The Bertz CT molecular complexity index is 533. The molecular weight excluding hydrogens is 236 g/mol. The molecule has 0 radical (unpaired) electrons. The molecule has 0 fully saturated rings. The highest BCUT2D eigenvalue weighted by molar-refractivity contribution is 5.84. The second-order valence-electron chi connectivity index (χ2n) is 3.49. The lowest BCUT2D eigenvalue weighted by atomic mass is 10.3. The first-order chi connectivity index (χ1) is 8.69. The van der Waals surface area contributed by atoms with Gasteiger partial charge >= 0.3 is 5.97 Å². The lowest BCUT2D eigenvalue weighted by Gasteiger charge is -2.06. The van der Waals surface area contributed by atoms with Crippen LogP contribution in [-0.4, -0.2) is 28.0 Å². The highest BCUT2D eigenvalue weighted by atomic mass is 16.5. The Kier molecular flexibility index (Phi) is 3.47. The third kappa shape index (κ3) is 2.79. The molecule has 0 aliphatic carbocycles. The largest absolute Gasteiger partial charge is 0.497 e. The molecule has 0 saturated carbocycles. The Morgan fingerprint density at radius 1 is 1.28 bits per heavy atom. The van der Waals surface area contributed by atoms with E-state index in [1.165, 1.54) is 10.7 Å². The van der Waals surface area contributed by atoms with Crippen LogP contribution in [0.1, 0.15) is 10.5 Å². The van der Waals surface area contributed by atoms with Crippen LogP contribution in [0.3, 0.4) is 0 Å². The van der Waals surface area contributed by atoms with E-state index in [1.54, 1.807) is 37.6 Å². The van der Waals surface area contributed by atoms with Crippen LogP contribution in [0.25, 0.3) is 0 Å². The highest BCUT2D eigenvalue weighted by Gasteiger charge is 2.06. The van der Waals surface area contributed by atoms with E-state index in [2.05, 4.69) is 5.10 Å². The zero-order valence-corrected chi connectivity index (χ0v) is 9.74. The smallest absolute Gasteiger partial charge is 0.356 e. The fourth-order valence-corrected chi connectivity index (χ4v) is 1.36. The second-order valence-corrected chi connectivity index (χ2v) is 3.49.